The van der Waals surface area contributed by atoms with Crippen LogP contribution in [0.3, 0.4) is 0 Å². The van der Waals surface area contributed by atoms with Crippen LogP contribution >= 0.6 is 0 Å². The Balaban J connectivity index is 2.05. The Morgan fingerprint density at radius 2 is 1.35 bits per heavy atom. The summed E-state index contributed by atoms with van der Waals surface area (Å²) in [5.41, 5.74) is 2.39. The molecule has 2 aromatic rings. The highest BCUT2D eigenvalue weighted by atomic mass is 16.3. The zero-order chi connectivity index (χ0) is 23.1. The molecule has 3 amide bonds. The molecule has 0 aromatic heterocycles. The molecule has 5 N–H and O–H groups in total. The number of benzene rings is 2. The minimum Gasteiger partial charge on any atom is -0.391 e. The lowest BCUT2D eigenvalue weighted by Gasteiger charge is -2.24. The molecule has 166 valence electrons. The van der Waals surface area contributed by atoms with Gasteiger partial charge in [-0.05, 0) is 30.2 Å². The fourth-order valence-corrected chi connectivity index (χ4v) is 2.78. The van der Waals surface area contributed by atoms with Crippen LogP contribution in [-0.2, 0) is 14.4 Å². The van der Waals surface area contributed by atoms with E-state index in [-0.39, 0.29) is 0 Å². The molecule has 2 aromatic carbocycles. The summed E-state index contributed by atoms with van der Waals surface area (Å²) in [7, 11) is 2.70. The summed E-state index contributed by atoms with van der Waals surface area (Å²) in [6.45, 7) is 1.29. The van der Waals surface area contributed by atoms with E-state index in [9.17, 15) is 29.7 Å². The average molecular weight is 429 g/mol. The molecule has 0 unspecified atom stereocenters. The zero-order valence-corrected chi connectivity index (χ0v) is 17.5. The van der Waals surface area contributed by atoms with Gasteiger partial charge in [0.25, 0.3) is 11.8 Å². The van der Waals surface area contributed by atoms with Gasteiger partial charge in [0.1, 0.15) is 6.04 Å². The van der Waals surface area contributed by atoms with Crippen molar-refractivity contribution in [3.63, 3.8) is 0 Å². The van der Waals surface area contributed by atoms with E-state index >= 15 is 0 Å². The maximum Gasteiger partial charge on any atom is 0.254 e. The highest BCUT2D eigenvalue weighted by Crippen LogP contribution is 2.21. The third-order valence-electron chi connectivity index (χ3n) is 4.58. The normalized spacial score (nSPS) is 14.6. The van der Waals surface area contributed by atoms with Crippen molar-refractivity contribution in [2.24, 2.45) is 0 Å². The second-order valence-corrected chi connectivity index (χ2v) is 7.28. The summed E-state index contributed by atoms with van der Waals surface area (Å²) < 4.78 is 0. The van der Waals surface area contributed by atoms with Crippen LogP contribution in [-0.4, -0.2) is 76.4 Å². The number of hydrogen-bond acceptors (Lipinski definition) is 6. The van der Waals surface area contributed by atoms with Crippen molar-refractivity contribution in [1.82, 2.24) is 10.2 Å². The molecule has 0 spiro atoms. The van der Waals surface area contributed by atoms with Crippen LogP contribution in [0.2, 0.25) is 0 Å². The van der Waals surface area contributed by atoms with E-state index in [1.165, 1.54) is 21.0 Å². The lowest BCUT2D eigenvalue weighted by molar-refractivity contribution is -0.152. The number of anilines is 1. The fourth-order valence-electron chi connectivity index (χ4n) is 2.78. The molecule has 0 radical (unpaired) electrons. The second kappa shape index (κ2) is 10.7. The van der Waals surface area contributed by atoms with E-state index in [0.29, 0.717) is 5.69 Å². The van der Waals surface area contributed by atoms with Crippen molar-refractivity contribution >= 4 is 23.4 Å². The van der Waals surface area contributed by atoms with E-state index in [4.69, 9.17) is 0 Å². The lowest BCUT2D eigenvalue weighted by atomic mass is 10.1. The number of nitrogens with zero attached hydrogens (tertiary/aromatic N) is 1. The smallest absolute Gasteiger partial charge is 0.254 e. The van der Waals surface area contributed by atoms with Gasteiger partial charge in [-0.3, -0.25) is 14.4 Å². The van der Waals surface area contributed by atoms with Crippen LogP contribution < -0.4 is 10.6 Å². The third-order valence-corrected chi connectivity index (χ3v) is 4.58. The molecule has 0 fully saturated rings. The number of carbonyl (C=O) groups excluding carboxylic acids is 3. The second-order valence-electron chi connectivity index (χ2n) is 7.28. The molecule has 4 atom stereocenters. The fraction of sp³-hybridized carbons (Fsp3) is 0.318. The van der Waals surface area contributed by atoms with Gasteiger partial charge in [0.15, 0.2) is 12.2 Å². The van der Waals surface area contributed by atoms with Gasteiger partial charge in [0.2, 0.25) is 5.91 Å². The predicted octanol–water partition coefficient (Wildman–Crippen LogP) is -0.0323. The highest BCUT2D eigenvalue weighted by Gasteiger charge is 2.34. The molecule has 0 aliphatic rings. The molecular weight excluding hydrogens is 402 g/mol. The number of amides is 3. The Labute approximate surface area is 180 Å². The summed E-state index contributed by atoms with van der Waals surface area (Å²) in [5, 5.41) is 34.4. The lowest BCUT2D eigenvalue weighted by Crippen LogP contribution is -2.56. The SMILES string of the molecule is C[C@@H](O)[C@H](NC(=O)[C@H](O)[C@@H](O)C(=O)N(C)C)C(=O)Nc1ccc(-c2ccccc2)cc1. The number of rotatable bonds is 8. The van der Waals surface area contributed by atoms with Gasteiger partial charge in [-0.1, -0.05) is 42.5 Å². The Kier molecular flexibility index (Phi) is 8.26. The Morgan fingerprint density at radius 1 is 0.806 bits per heavy atom. The van der Waals surface area contributed by atoms with Crippen LogP contribution in [0.25, 0.3) is 11.1 Å². The van der Waals surface area contributed by atoms with Gasteiger partial charge in [-0.25, -0.2) is 0 Å². The van der Waals surface area contributed by atoms with Gasteiger partial charge < -0.3 is 30.9 Å². The monoisotopic (exact) mass is 429 g/mol. The first-order valence-electron chi connectivity index (χ1n) is 9.64. The van der Waals surface area contributed by atoms with E-state index in [1.54, 1.807) is 12.1 Å². The van der Waals surface area contributed by atoms with Crippen molar-refractivity contribution in [3.05, 3.63) is 54.6 Å². The largest absolute Gasteiger partial charge is 0.391 e. The Bertz CT molecular complexity index is 899. The van der Waals surface area contributed by atoms with Crippen molar-refractivity contribution < 1.29 is 29.7 Å². The molecule has 0 saturated heterocycles. The van der Waals surface area contributed by atoms with E-state index in [0.717, 1.165) is 16.0 Å². The number of nitrogens with one attached hydrogen (secondary N) is 2. The average Bonchev–Trinajstić information content (AvgIpc) is 2.76. The summed E-state index contributed by atoms with van der Waals surface area (Å²) in [6, 6.07) is 15.2. The number of aliphatic hydroxyl groups is 3. The maximum absolute atomic E-state index is 12.6. The first kappa shape index (κ1) is 24.0. The van der Waals surface area contributed by atoms with Gasteiger partial charge in [-0.2, -0.15) is 0 Å². The quantitative estimate of drug-likeness (QED) is 0.399. The highest BCUT2D eigenvalue weighted by molar-refractivity contribution is 5.99. The number of likely N-dealkylation sites (N-methyl/N-ethyl adjacent to an activating group) is 1. The van der Waals surface area contributed by atoms with Crippen LogP contribution in [0.15, 0.2) is 54.6 Å². The summed E-state index contributed by atoms with van der Waals surface area (Å²) in [4.78, 5) is 37.5. The van der Waals surface area contributed by atoms with Crippen LogP contribution in [0, 0.1) is 0 Å². The number of aliphatic hydroxyl groups excluding tert-OH is 3. The van der Waals surface area contributed by atoms with E-state index in [1.807, 2.05) is 42.5 Å². The van der Waals surface area contributed by atoms with Crippen LogP contribution in [0.5, 0.6) is 0 Å². The molecule has 31 heavy (non-hydrogen) atoms. The predicted molar refractivity (Wildman–Crippen MR) is 115 cm³/mol. The van der Waals surface area contributed by atoms with Crippen molar-refractivity contribution in [2.75, 3.05) is 19.4 Å². The molecule has 0 aliphatic carbocycles. The van der Waals surface area contributed by atoms with Crippen molar-refractivity contribution in [1.29, 1.82) is 0 Å². The van der Waals surface area contributed by atoms with E-state index < -0.39 is 42.1 Å². The molecule has 0 saturated carbocycles. The Hall–Kier alpha value is -3.27. The first-order valence-corrected chi connectivity index (χ1v) is 9.64. The molecule has 9 heteroatoms. The van der Waals surface area contributed by atoms with Crippen LogP contribution in [0.4, 0.5) is 5.69 Å². The molecular formula is C22H27N3O6. The minimum absolute atomic E-state index is 0.438. The summed E-state index contributed by atoms with van der Waals surface area (Å²) >= 11 is 0. The topological polar surface area (TPSA) is 139 Å². The maximum atomic E-state index is 12.6. The van der Waals surface area contributed by atoms with Crippen molar-refractivity contribution in [3.8, 4) is 11.1 Å². The molecule has 2 rings (SSSR count). The van der Waals surface area contributed by atoms with Gasteiger partial charge in [-0.15, -0.1) is 0 Å². The summed E-state index contributed by atoms with van der Waals surface area (Å²) in [5.74, 6) is -2.76. The molecule has 0 bridgehead atoms. The zero-order valence-electron chi connectivity index (χ0n) is 17.5. The minimum atomic E-state index is -2.10. The first-order chi connectivity index (χ1) is 14.6. The molecule has 9 nitrogen and oxygen atoms in total. The molecule has 0 aliphatic heterocycles. The third kappa shape index (κ3) is 6.35. The van der Waals surface area contributed by atoms with Gasteiger partial charge in [0, 0.05) is 19.8 Å². The van der Waals surface area contributed by atoms with Gasteiger partial charge >= 0.3 is 0 Å². The number of carbonyl (C=O) groups is 3. The number of hydrogen-bond donors (Lipinski definition) is 5. The van der Waals surface area contributed by atoms with Crippen molar-refractivity contribution in [2.45, 2.75) is 31.3 Å². The van der Waals surface area contributed by atoms with E-state index in [2.05, 4.69) is 10.6 Å². The molecule has 0 heterocycles. The Morgan fingerprint density at radius 3 is 1.87 bits per heavy atom. The standard InChI is InChI=1S/C22H27N3O6/c1-13(26)17(24-21(30)18(27)19(28)22(31)25(2)3)20(29)23-16-11-9-15(10-12-16)14-7-5-4-6-8-14/h4-13,17-19,26-28H,1-3H3,(H,23,29)(H,24,30)/t13-,17+,18-,19-/m1/s1. The summed E-state index contributed by atoms with van der Waals surface area (Å²) in [6.07, 6.45) is -5.41. The van der Waals surface area contributed by atoms with Crippen LogP contribution in [0.1, 0.15) is 6.92 Å². The van der Waals surface area contributed by atoms with Gasteiger partial charge in [0.05, 0.1) is 6.10 Å².